The molecular formula is C17H16N6O5. The fourth-order valence-corrected chi connectivity index (χ4v) is 2.37. The highest BCUT2D eigenvalue weighted by Crippen LogP contribution is 2.26. The zero-order valence-corrected chi connectivity index (χ0v) is 14.7. The second kappa shape index (κ2) is 8.03. The number of fused-ring (bicyclic) bond motifs is 1. The number of nitrogens with two attached hydrogens (primary N) is 1. The average molecular weight is 384 g/mol. The number of nitrogens with one attached hydrogen (secondary N) is 2. The van der Waals surface area contributed by atoms with Crippen molar-refractivity contribution in [3.8, 4) is 11.6 Å². The first-order chi connectivity index (χ1) is 13.5. The van der Waals surface area contributed by atoms with E-state index in [0.717, 1.165) is 9.95 Å². The molecule has 2 heterocycles. The van der Waals surface area contributed by atoms with Gasteiger partial charge in [-0.2, -0.15) is 0 Å². The standard InChI is InChI=1S/C17H16N6O5/c1-2-19-16(25)22-13-8-14(21-9-20-13)27-11-4-3-10-5-6-23(12(10)7-11)17(26)28-15(18)24/h3-9H,2H2,1H3,(H2,18,24)(H2,19,20,21,22,25). The Hall–Kier alpha value is -4.15. The molecule has 1 aromatic carbocycles. The summed E-state index contributed by atoms with van der Waals surface area (Å²) in [5.41, 5.74) is 5.32. The summed E-state index contributed by atoms with van der Waals surface area (Å²) in [7, 11) is 0. The SMILES string of the molecule is CCNC(=O)Nc1cc(Oc2ccc3ccn(C(=O)OC(N)=O)c3c2)ncn1. The third-order valence-corrected chi connectivity index (χ3v) is 3.49. The lowest BCUT2D eigenvalue weighted by molar-refractivity contribution is 0.159. The average Bonchev–Trinajstić information content (AvgIpc) is 3.05. The number of aromatic nitrogens is 3. The van der Waals surface area contributed by atoms with Crippen molar-refractivity contribution in [3.05, 3.63) is 42.9 Å². The number of benzene rings is 1. The number of rotatable bonds is 4. The van der Waals surface area contributed by atoms with Gasteiger partial charge in [0.15, 0.2) is 0 Å². The Balaban J connectivity index is 1.82. The summed E-state index contributed by atoms with van der Waals surface area (Å²) in [5, 5.41) is 5.84. The van der Waals surface area contributed by atoms with Crippen LogP contribution < -0.4 is 21.1 Å². The minimum Gasteiger partial charge on any atom is -0.439 e. The predicted octanol–water partition coefficient (Wildman–Crippen LogP) is 2.43. The molecule has 3 amide bonds. The number of ether oxygens (including phenoxy) is 2. The molecule has 0 fully saturated rings. The van der Waals surface area contributed by atoms with Crippen LogP contribution in [-0.4, -0.2) is 39.3 Å². The molecule has 11 nitrogen and oxygen atoms in total. The molecule has 3 aromatic rings. The van der Waals surface area contributed by atoms with Crippen molar-refractivity contribution < 1.29 is 23.9 Å². The maximum absolute atomic E-state index is 11.9. The molecule has 11 heteroatoms. The maximum Gasteiger partial charge on any atom is 0.427 e. The summed E-state index contributed by atoms with van der Waals surface area (Å²) in [5.74, 6) is 0.798. The molecular weight excluding hydrogens is 368 g/mol. The minimum atomic E-state index is -1.20. The van der Waals surface area contributed by atoms with E-state index in [4.69, 9.17) is 10.5 Å². The number of hydrogen-bond acceptors (Lipinski definition) is 7. The van der Waals surface area contributed by atoms with Gasteiger partial charge in [0.1, 0.15) is 17.9 Å². The number of carbonyl (C=O) groups excluding carboxylic acids is 3. The Morgan fingerprint density at radius 2 is 2.00 bits per heavy atom. The first-order valence-corrected chi connectivity index (χ1v) is 8.13. The Bertz CT molecular complexity index is 1050. The van der Waals surface area contributed by atoms with Gasteiger partial charge >= 0.3 is 18.2 Å². The molecule has 0 unspecified atom stereocenters. The minimum absolute atomic E-state index is 0.180. The van der Waals surface area contributed by atoms with Crippen LogP contribution in [0.2, 0.25) is 0 Å². The van der Waals surface area contributed by atoms with E-state index in [1.54, 1.807) is 31.2 Å². The highest BCUT2D eigenvalue weighted by atomic mass is 16.6. The van der Waals surface area contributed by atoms with E-state index >= 15 is 0 Å². The number of hydrogen-bond donors (Lipinski definition) is 3. The Kier molecular flexibility index (Phi) is 5.35. The molecule has 0 atom stereocenters. The van der Waals surface area contributed by atoms with Gasteiger partial charge in [0, 0.05) is 30.3 Å². The largest absolute Gasteiger partial charge is 0.439 e. The number of anilines is 1. The number of urea groups is 1. The number of carbonyl (C=O) groups is 3. The fourth-order valence-electron chi connectivity index (χ4n) is 2.37. The molecule has 0 saturated heterocycles. The van der Waals surface area contributed by atoms with Crippen molar-refractivity contribution in [2.24, 2.45) is 5.73 Å². The monoisotopic (exact) mass is 384 g/mol. The summed E-state index contributed by atoms with van der Waals surface area (Å²) < 4.78 is 11.2. The van der Waals surface area contributed by atoms with Crippen LogP contribution in [0.1, 0.15) is 6.92 Å². The van der Waals surface area contributed by atoms with Crippen LogP contribution in [0.4, 0.5) is 20.2 Å². The van der Waals surface area contributed by atoms with Gasteiger partial charge in [-0.25, -0.2) is 24.4 Å². The van der Waals surface area contributed by atoms with Crippen molar-refractivity contribution in [1.82, 2.24) is 19.9 Å². The Labute approximate surface area is 158 Å². The fraction of sp³-hybridized carbons (Fsp3) is 0.118. The molecule has 3 rings (SSSR count). The van der Waals surface area contributed by atoms with Gasteiger partial charge in [0.05, 0.1) is 5.52 Å². The topological polar surface area (TPSA) is 150 Å². The summed E-state index contributed by atoms with van der Waals surface area (Å²) >= 11 is 0. The second-order valence-electron chi connectivity index (χ2n) is 5.42. The van der Waals surface area contributed by atoms with Crippen molar-refractivity contribution in [1.29, 1.82) is 0 Å². The number of amides is 3. The molecule has 28 heavy (non-hydrogen) atoms. The lowest BCUT2D eigenvalue weighted by Gasteiger charge is -2.08. The molecule has 2 aromatic heterocycles. The van der Waals surface area contributed by atoms with Gasteiger partial charge in [-0.1, -0.05) is 0 Å². The highest BCUT2D eigenvalue weighted by molar-refractivity contribution is 5.93. The van der Waals surface area contributed by atoms with E-state index in [1.165, 1.54) is 18.6 Å². The second-order valence-corrected chi connectivity index (χ2v) is 5.42. The quantitative estimate of drug-likeness (QED) is 0.584. The van der Waals surface area contributed by atoms with Crippen molar-refractivity contribution in [2.75, 3.05) is 11.9 Å². The molecule has 144 valence electrons. The summed E-state index contributed by atoms with van der Waals surface area (Å²) in [6.07, 6.45) is 0.545. The molecule has 4 N–H and O–H groups in total. The maximum atomic E-state index is 11.9. The Morgan fingerprint density at radius 3 is 2.75 bits per heavy atom. The number of primary amides is 1. The van der Waals surface area contributed by atoms with E-state index in [-0.39, 0.29) is 11.7 Å². The van der Waals surface area contributed by atoms with Crippen LogP contribution in [0.3, 0.4) is 0 Å². The van der Waals surface area contributed by atoms with Gasteiger partial charge in [-0.3, -0.25) is 9.88 Å². The molecule has 0 spiro atoms. The van der Waals surface area contributed by atoms with Gasteiger partial charge in [0.25, 0.3) is 0 Å². The van der Waals surface area contributed by atoms with Crippen molar-refractivity contribution >= 4 is 34.9 Å². The summed E-state index contributed by atoms with van der Waals surface area (Å²) in [4.78, 5) is 42.2. The first kappa shape index (κ1) is 18.6. The zero-order chi connectivity index (χ0) is 20.1. The van der Waals surface area contributed by atoms with E-state index in [1.807, 2.05) is 0 Å². The third kappa shape index (κ3) is 4.33. The molecule has 0 radical (unpaired) electrons. The zero-order valence-electron chi connectivity index (χ0n) is 14.7. The van der Waals surface area contributed by atoms with Gasteiger partial charge in [-0.05, 0) is 25.1 Å². The van der Waals surface area contributed by atoms with E-state index in [0.29, 0.717) is 17.8 Å². The highest BCUT2D eigenvalue weighted by Gasteiger charge is 2.14. The van der Waals surface area contributed by atoms with Crippen molar-refractivity contribution in [2.45, 2.75) is 6.92 Å². The summed E-state index contributed by atoms with van der Waals surface area (Å²) in [6, 6.07) is 7.66. The van der Waals surface area contributed by atoms with Crippen LogP contribution in [0.15, 0.2) is 42.9 Å². The molecule has 0 aliphatic heterocycles. The number of nitrogens with zero attached hydrogens (tertiary/aromatic N) is 3. The van der Waals surface area contributed by atoms with Gasteiger partial charge < -0.3 is 20.5 Å². The normalized spacial score (nSPS) is 10.3. The molecule has 0 aliphatic rings. The Morgan fingerprint density at radius 1 is 1.18 bits per heavy atom. The van der Waals surface area contributed by atoms with Gasteiger partial charge in [-0.15, -0.1) is 0 Å². The van der Waals surface area contributed by atoms with Crippen LogP contribution in [0.5, 0.6) is 11.6 Å². The molecule has 0 bridgehead atoms. The lowest BCUT2D eigenvalue weighted by Crippen LogP contribution is -2.28. The van der Waals surface area contributed by atoms with E-state index in [9.17, 15) is 14.4 Å². The van der Waals surface area contributed by atoms with Crippen LogP contribution >= 0.6 is 0 Å². The van der Waals surface area contributed by atoms with Crippen LogP contribution in [0, 0.1) is 0 Å². The van der Waals surface area contributed by atoms with Crippen LogP contribution in [-0.2, 0) is 4.74 Å². The third-order valence-electron chi connectivity index (χ3n) is 3.49. The van der Waals surface area contributed by atoms with Gasteiger partial charge in [0.2, 0.25) is 5.88 Å². The lowest BCUT2D eigenvalue weighted by atomic mass is 10.2. The van der Waals surface area contributed by atoms with E-state index in [2.05, 4.69) is 25.3 Å². The molecule has 0 aliphatic carbocycles. The first-order valence-electron chi connectivity index (χ1n) is 8.13. The van der Waals surface area contributed by atoms with E-state index < -0.39 is 18.2 Å². The smallest absolute Gasteiger partial charge is 0.427 e. The molecule has 0 saturated carbocycles. The van der Waals surface area contributed by atoms with Crippen molar-refractivity contribution in [3.63, 3.8) is 0 Å². The van der Waals surface area contributed by atoms with Crippen LogP contribution in [0.25, 0.3) is 10.9 Å². The predicted molar refractivity (Wildman–Crippen MR) is 98.2 cm³/mol. The summed E-state index contributed by atoms with van der Waals surface area (Å²) in [6.45, 7) is 2.26.